The number of halogens is 2. The molecule has 5 heteroatoms. The van der Waals surface area contributed by atoms with Gasteiger partial charge in [0, 0.05) is 0 Å². The van der Waals surface area contributed by atoms with E-state index in [-0.39, 0.29) is 0 Å². The molecule has 0 bridgehead atoms. The fourth-order valence-corrected chi connectivity index (χ4v) is 1.99. The Morgan fingerprint density at radius 3 is 2.19 bits per heavy atom. The van der Waals surface area contributed by atoms with Crippen LogP contribution in [0, 0.1) is 24.7 Å². The molecule has 2 rings (SSSR count). The maximum atomic E-state index is 10.8. The highest BCUT2D eigenvalue weighted by Crippen LogP contribution is 2.06. The van der Waals surface area contributed by atoms with Gasteiger partial charge in [0.05, 0.1) is 12.1 Å². The van der Waals surface area contributed by atoms with Crippen LogP contribution in [-0.2, 0) is 6.42 Å². The summed E-state index contributed by atoms with van der Waals surface area (Å²) in [5.41, 5.74) is 1.22. The molecule has 0 saturated carbocycles. The van der Waals surface area contributed by atoms with Gasteiger partial charge in [0.15, 0.2) is 0 Å². The number of hydrogen-bond donors (Lipinski definition) is 0. The van der Waals surface area contributed by atoms with Gasteiger partial charge in [-0.3, -0.25) is 4.79 Å². The lowest BCUT2D eigenvalue weighted by atomic mass is 10.3. The number of aromatic nitrogens is 2. The molecule has 0 unspecified atom stereocenters. The van der Waals surface area contributed by atoms with Crippen molar-refractivity contribution in [2.45, 2.75) is 6.42 Å². The first-order valence-electron chi connectivity index (χ1n) is 5.75. The Kier molecular flexibility index (Phi) is 7.39. The van der Waals surface area contributed by atoms with Crippen LogP contribution < -0.4 is 0 Å². The Morgan fingerprint density at radius 1 is 1.05 bits per heavy atom. The first kappa shape index (κ1) is 17.1. The van der Waals surface area contributed by atoms with Gasteiger partial charge < -0.3 is 0 Å². The zero-order valence-electron chi connectivity index (χ0n) is 10.9. The standard InChI is InChI=1S/C8H4BrNO.C8H6BrN/c1-2-7(11)6-4-3-5-8(9)10-6;1-2-4-7-5-3-6-8(9)10-7/h1,3-5H;1,3,5-6H,4H2. The van der Waals surface area contributed by atoms with E-state index < -0.39 is 5.78 Å². The van der Waals surface area contributed by atoms with E-state index in [1.54, 1.807) is 18.2 Å². The number of Topliss-reactive ketones (excluding diaryl/α,β-unsaturated/α-hetero) is 1. The van der Waals surface area contributed by atoms with Crippen LogP contribution in [0.3, 0.4) is 0 Å². The summed E-state index contributed by atoms with van der Waals surface area (Å²) in [4.78, 5) is 18.9. The number of carbonyl (C=O) groups is 1. The minimum Gasteiger partial charge on any atom is -0.277 e. The van der Waals surface area contributed by atoms with Gasteiger partial charge >= 0.3 is 0 Å². The third-order valence-electron chi connectivity index (χ3n) is 2.13. The molecule has 0 aromatic carbocycles. The van der Waals surface area contributed by atoms with E-state index in [1.807, 2.05) is 24.1 Å². The lowest BCUT2D eigenvalue weighted by Gasteiger charge is -1.92. The predicted molar refractivity (Wildman–Crippen MR) is 89.6 cm³/mol. The number of hydrogen-bond acceptors (Lipinski definition) is 3. The normalized spacial score (nSPS) is 8.76. The van der Waals surface area contributed by atoms with Crippen LogP contribution in [0.4, 0.5) is 0 Å². The van der Waals surface area contributed by atoms with Crippen molar-refractivity contribution in [1.82, 2.24) is 9.97 Å². The molecule has 2 aromatic heterocycles. The highest BCUT2D eigenvalue weighted by Gasteiger charge is 2.02. The van der Waals surface area contributed by atoms with Crippen molar-refractivity contribution in [3.63, 3.8) is 0 Å². The van der Waals surface area contributed by atoms with Crippen molar-refractivity contribution in [1.29, 1.82) is 0 Å². The summed E-state index contributed by atoms with van der Waals surface area (Å²) >= 11 is 6.38. The lowest BCUT2D eigenvalue weighted by Crippen LogP contribution is -1.97. The summed E-state index contributed by atoms with van der Waals surface area (Å²) in [6, 6.07) is 10.7. The van der Waals surface area contributed by atoms with Crippen LogP contribution >= 0.6 is 31.9 Å². The number of nitrogens with zero attached hydrogens (tertiary/aromatic N) is 2. The number of terminal acetylenes is 2. The van der Waals surface area contributed by atoms with Crippen LogP contribution in [0.15, 0.2) is 45.6 Å². The second kappa shape index (κ2) is 9.07. The Balaban J connectivity index is 0.000000211. The SMILES string of the molecule is C#CC(=O)c1cccc(Br)n1.C#CCc1cccc(Br)n1. The Hall–Kier alpha value is -1.95. The fraction of sp³-hybridized carbons (Fsp3) is 0.0625. The first-order valence-corrected chi connectivity index (χ1v) is 7.34. The molecule has 0 atom stereocenters. The highest BCUT2D eigenvalue weighted by atomic mass is 79.9. The number of rotatable bonds is 2. The third kappa shape index (κ3) is 6.35. The monoisotopic (exact) mass is 404 g/mol. The molecular weight excluding hydrogens is 396 g/mol. The average molecular weight is 406 g/mol. The molecule has 0 spiro atoms. The largest absolute Gasteiger partial charge is 0.277 e. The van der Waals surface area contributed by atoms with Crippen LogP contribution in [0.25, 0.3) is 0 Å². The smallest absolute Gasteiger partial charge is 0.254 e. The lowest BCUT2D eigenvalue weighted by molar-refractivity contribution is 0.105. The molecular formula is C16H10Br2N2O. The Labute approximate surface area is 140 Å². The van der Waals surface area contributed by atoms with Gasteiger partial charge in [-0.15, -0.1) is 18.8 Å². The summed E-state index contributed by atoms with van der Waals surface area (Å²) < 4.78 is 1.44. The summed E-state index contributed by atoms with van der Waals surface area (Å²) in [7, 11) is 0. The minimum atomic E-state index is -0.397. The van der Waals surface area contributed by atoms with Crippen LogP contribution in [0.2, 0.25) is 0 Å². The quantitative estimate of drug-likeness (QED) is 0.331. The molecule has 3 nitrogen and oxygen atoms in total. The van der Waals surface area contributed by atoms with Gasteiger partial charge in [-0.2, -0.15) is 0 Å². The van der Waals surface area contributed by atoms with Gasteiger partial charge in [-0.05, 0) is 62.0 Å². The summed E-state index contributed by atoms with van der Waals surface area (Å²) in [5, 5.41) is 0. The number of pyridine rings is 2. The molecule has 0 aliphatic carbocycles. The molecule has 21 heavy (non-hydrogen) atoms. The third-order valence-corrected chi connectivity index (χ3v) is 3.02. The van der Waals surface area contributed by atoms with E-state index in [1.165, 1.54) is 0 Å². The van der Waals surface area contributed by atoms with Crippen LogP contribution in [-0.4, -0.2) is 15.8 Å². The number of carbonyl (C=O) groups excluding carboxylic acids is 1. The fourth-order valence-electron chi connectivity index (χ4n) is 1.26. The van der Waals surface area contributed by atoms with E-state index in [9.17, 15) is 4.79 Å². The van der Waals surface area contributed by atoms with Crippen molar-refractivity contribution >= 4 is 37.6 Å². The molecule has 104 valence electrons. The maximum absolute atomic E-state index is 10.8. The second-order valence-electron chi connectivity index (χ2n) is 3.65. The van der Waals surface area contributed by atoms with Gasteiger partial charge in [-0.25, -0.2) is 9.97 Å². The molecule has 0 N–H and O–H groups in total. The zero-order chi connectivity index (χ0) is 15.7. The van der Waals surface area contributed by atoms with Gasteiger partial charge in [0.2, 0.25) is 0 Å². The molecule has 0 radical (unpaired) electrons. The molecule has 0 fully saturated rings. The van der Waals surface area contributed by atoms with E-state index in [0.29, 0.717) is 16.7 Å². The summed E-state index contributed by atoms with van der Waals surface area (Å²) in [6.45, 7) is 0. The Bertz CT molecular complexity index is 715. The molecule has 2 aromatic rings. The van der Waals surface area contributed by atoms with Crippen LogP contribution in [0.1, 0.15) is 16.2 Å². The average Bonchev–Trinajstić information content (AvgIpc) is 2.47. The summed E-state index contributed by atoms with van der Waals surface area (Å²) in [5.74, 6) is 4.12. The predicted octanol–water partition coefficient (Wildman–Crippen LogP) is 3.68. The van der Waals surface area contributed by atoms with Crippen molar-refractivity contribution in [2.75, 3.05) is 0 Å². The second-order valence-corrected chi connectivity index (χ2v) is 5.28. The molecule has 2 heterocycles. The van der Waals surface area contributed by atoms with Crippen molar-refractivity contribution < 1.29 is 4.79 Å². The summed E-state index contributed by atoms with van der Waals surface area (Å²) in [6.07, 6.45) is 10.6. The van der Waals surface area contributed by atoms with Crippen molar-refractivity contribution in [3.8, 4) is 24.7 Å². The number of ketones is 1. The van der Waals surface area contributed by atoms with Crippen LogP contribution in [0.5, 0.6) is 0 Å². The maximum Gasteiger partial charge on any atom is 0.254 e. The van der Waals surface area contributed by atoms with E-state index in [2.05, 4.69) is 47.7 Å². The van der Waals surface area contributed by atoms with Crippen molar-refractivity contribution in [3.05, 3.63) is 57.0 Å². The van der Waals surface area contributed by atoms with E-state index in [4.69, 9.17) is 12.8 Å². The highest BCUT2D eigenvalue weighted by molar-refractivity contribution is 9.10. The molecule has 0 amide bonds. The van der Waals surface area contributed by atoms with E-state index >= 15 is 0 Å². The minimum absolute atomic E-state index is 0.293. The zero-order valence-corrected chi connectivity index (χ0v) is 14.1. The molecule has 0 aliphatic heterocycles. The molecule has 0 aliphatic rings. The van der Waals surface area contributed by atoms with Crippen molar-refractivity contribution in [2.24, 2.45) is 0 Å². The van der Waals surface area contributed by atoms with E-state index in [0.717, 1.165) is 10.3 Å². The Morgan fingerprint density at radius 2 is 1.67 bits per heavy atom. The molecule has 0 saturated heterocycles. The van der Waals surface area contributed by atoms with Gasteiger partial charge in [-0.1, -0.05) is 12.1 Å². The topological polar surface area (TPSA) is 42.9 Å². The van der Waals surface area contributed by atoms with Gasteiger partial charge in [0.1, 0.15) is 14.9 Å². The first-order chi connectivity index (χ1) is 10.1. The van der Waals surface area contributed by atoms with Gasteiger partial charge in [0.25, 0.3) is 5.78 Å².